The third-order valence-electron chi connectivity index (χ3n) is 2.22. The van der Waals surface area contributed by atoms with Gasteiger partial charge in [0.15, 0.2) is 0 Å². The Hall–Kier alpha value is -1.16. The smallest absolute Gasteiger partial charge is 0.132 e. The van der Waals surface area contributed by atoms with Crippen LogP contribution >= 0.6 is 0 Å². The molecule has 0 aliphatic rings. The second-order valence-electron chi connectivity index (χ2n) is 3.77. The molecule has 0 bridgehead atoms. The highest BCUT2D eigenvalue weighted by Gasteiger charge is 2.04. The fourth-order valence-electron chi connectivity index (χ4n) is 1.34. The van der Waals surface area contributed by atoms with Gasteiger partial charge in [0.2, 0.25) is 0 Å². The van der Waals surface area contributed by atoms with Gasteiger partial charge in [-0.05, 0) is 19.4 Å². The highest BCUT2D eigenvalue weighted by molar-refractivity contribution is 5.37. The largest absolute Gasteiger partial charge is 0.363 e. The van der Waals surface area contributed by atoms with Crippen molar-refractivity contribution in [2.45, 2.75) is 26.2 Å². The van der Waals surface area contributed by atoms with E-state index < -0.39 is 0 Å². The van der Waals surface area contributed by atoms with E-state index in [9.17, 15) is 0 Å². The van der Waals surface area contributed by atoms with E-state index in [2.05, 4.69) is 16.9 Å². The second-order valence-corrected chi connectivity index (χ2v) is 3.77. The lowest BCUT2D eigenvalue weighted by atomic mass is 10.2. The van der Waals surface area contributed by atoms with E-state index in [1.54, 1.807) is 0 Å². The number of aromatic nitrogens is 2. The molecule has 0 fully saturated rings. The first kappa shape index (κ1) is 11.9. The van der Waals surface area contributed by atoms with Gasteiger partial charge in [-0.25, -0.2) is 9.97 Å². The van der Waals surface area contributed by atoms with Crippen LogP contribution in [0.5, 0.6) is 0 Å². The number of hydrogen-bond acceptors (Lipinski definition) is 4. The van der Waals surface area contributed by atoms with E-state index in [0.717, 1.165) is 36.6 Å². The van der Waals surface area contributed by atoms with Gasteiger partial charge in [-0.3, -0.25) is 0 Å². The van der Waals surface area contributed by atoms with Crippen LogP contribution in [-0.4, -0.2) is 30.6 Å². The Kier molecular flexibility index (Phi) is 4.49. The zero-order valence-electron chi connectivity index (χ0n) is 9.82. The van der Waals surface area contributed by atoms with Crippen molar-refractivity contribution in [1.82, 2.24) is 9.97 Å². The third-order valence-corrected chi connectivity index (χ3v) is 2.22. The van der Waals surface area contributed by atoms with Gasteiger partial charge in [0.05, 0.1) is 0 Å². The summed E-state index contributed by atoms with van der Waals surface area (Å²) in [6.07, 6.45) is 2.79. The minimum atomic E-state index is 0.711. The third kappa shape index (κ3) is 3.47. The van der Waals surface area contributed by atoms with Crippen molar-refractivity contribution in [2.24, 2.45) is 5.73 Å². The molecule has 0 spiro atoms. The maximum absolute atomic E-state index is 5.49. The highest BCUT2D eigenvalue weighted by atomic mass is 15.1. The second kappa shape index (κ2) is 5.66. The first-order valence-electron chi connectivity index (χ1n) is 5.41. The lowest BCUT2D eigenvalue weighted by Gasteiger charge is -2.13. The van der Waals surface area contributed by atoms with Crippen LogP contribution in [0.1, 0.15) is 24.9 Å². The predicted octanol–water partition coefficient (Wildman–Crippen LogP) is 0.996. The van der Waals surface area contributed by atoms with Gasteiger partial charge in [-0.15, -0.1) is 0 Å². The highest BCUT2D eigenvalue weighted by Crippen LogP contribution is 2.11. The normalized spacial score (nSPS) is 10.4. The monoisotopic (exact) mass is 208 g/mol. The summed E-state index contributed by atoms with van der Waals surface area (Å²) in [5.41, 5.74) is 6.58. The van der Waals surface area contributed by atoms with Crippen molar-refractivity contribution in [3.8, 4) is 0 Å². The van der Waals surface area contributed by atoms with Gasteiger partial charge >= 0.3 is 0 Å². The maximum atomic E-state index is 5.49. The number of anilines is 1. The van der Waals surface area contributed by atoms with Gasteiger partial charge in [-0.1, -0.05) is 6.92 Å². The molecular formula is C11H20N4. The van der Waals surface area contributed by atoms with Crippen LogP contribution in [0.2, 0.25) is 0 Å². The van der Waals surface area contributed by atoms with E-state index in [1.165, 1.54) is 0 Å². The molecule has 0 unspecified atom stereocenters. The molecule has 0 saturated carbocycles. The van der Waals surface area contributed by atoms with Crippen molar-refractivity contribution in [3.63, 3.8) is 0 Å². The number of hydrogen-bond donors (Lipinski definition) is 1. The van der Waals surface area contributed by atoms with E-state index in [-0.39, 0.29) is 0 Å². The summed E-state index contributed by atoms with van der Waals surface area (Å²) < 4.78 is 0. The molecule has 0 aliphatic heterocycles. The summed E-state index contributed by atoms with van der Waals surface area (Å²) in [7, 11) is 3.99. The molecular weight excluding hydrogens is 188 g/mol. The molecule has 1 rings (SSSR count). The summed E-state index contributed by atoms with van der Waals surface area (Å²) in [5.74, 6) is 1.89. The van der Waals surface area contributed by atoms with Crippen LogP contribution in [0.3, 0.4) is 0 Å². The van der Waals surface area contributed by atoms with Gasteiger partial charge in [0.1, 0.15) is 11.6 Å². The minimum Gasteiger partial charge on any atom is -0.363 e. The van der Waals surface area contributed by atoms with Crippen molar-refractivity contribution in [2.75, 3.05) is 25.5 Å². The van der Waals surface area contributed by atoms with Crippen molar-refractivity contribution < 1.29 is 0 Å². The average Bonchev–Trinajstić information content (AvgIpc) is 2.25. The molecule has 4 nitrogen and oxygen atoms in total. The fraction of sp³-hybridized carbons (Fsp3) is 0.636. The molecule has 0 aromatic carbocycles. The average molecular weight is 208 g/mol. The Bertz CT molecular complexity index is 309. The standard InChI is InChI=1S/C11H20N4/c1-4-10-13-9(6-5-7-12)8-11(14-10)15(2)3/h8H,4-7,12H2,1-3H3. The quantitative estimate of drug-likeness (QED) is 0.784. The van der Waals surface area contributed by atoms with Crippen LogP contribution < -0.4 is 10.6 Å². The van der Waals surface area contributed by atoms with Crippen LogP contribution in [-0.2, 0) is 12.8 Å². The summed E-state index contributed by atoms with van der Waals surface area (Å²) >= 11 is 0. The summed E-state index contributed by atoms with van der Waals surface area (Å²) in [6.45, 7) is 2.78. The zero-order chi connectivity index (χ0) is 11.3. The predicted molar refractivity (Wildman–Crippen MR) is 63.1 cm³/mol. The molecule has 1 heterocycles. The molecule has 0 aliphatic carbocycles. The van der Waals surface area contributed by atoms with Gasteiger partial charge < -0.3 is 10.6 Å². The van der Waals surface area contributed by atoms with Crippen molar-refractivity contribution >= 4 is 5.82 Å². The van der Waals surface area contributed by atoms with Crippen molar-refractivity contribution in [1.29, 1.82) is 0 Å². The van der Waals surface area contributed by atoms with Crippen LogP contribution in [0.25, 0.3) is 0 Å². The molecule has 0 atom stereocenters. The number of nitrogens with two attached hydrogens (primary N) is 1. The maximum Gasteiger partial charge on any atom is 0.132 e. The first-order valence-corrected chi connectivity index (χ1v) is 5.41. The Morgan fingerprint density at radius 3 is 2.60 bits per heavy atom. The fourth-order valence-corrected chi connectivity index (χ4v) is 1.34. The molecule has 0 radical (unpaired) electrons. The molecule has 0 saturated heterocycles. The Labute approximate surface area is 91.5 Å². The molecule has 1 aromatic heterocycles. The van der Waals surface area contributed by atoms with E-state index in [1.807, 2.05) is 25.1 Å². The van der Waals surface area contributed by atoms with Gasteiger partial charge in [-0.2, -0.15) is 0 Å². The molecule has 4 heteroatoms. The first-order chi connectivity index (χ1) is 7.17. The zero-order valence-corrected chi connectivity index (χ0v) is 9.82. The molecule has 0 amide bonds. The number of nitrogens with zero attached hydrogens (tertiary/aromatic N) is 3. The number of rotatable bonds is 5. The summed E-state index contributed by atoms with van der Waals surface area (Å²) in [6, 6.07) is 2.04. The Morgan fingerprint density at radius 2 is 2.07 bits per heavy atom. The SMILES string of the molecule is CCc1nc(CCCN)cc(N(C)C)n1. The molecule has 84 valence electrons. The summed E-state index contributed by atoms with van der Waals surface area (Å²) in [4.78, 5) is 10.9. The van der Waals surface area contributed by atoms with Crippen molar-refractivity contribution in [3.05, 3.63) is 17.6 Å². The van der Waals surface area contributed by atoms with E-state index in [0.29, 0.717) is 6.54 Å². The lowest BCUT2D eigenvalue weighted by molar-refractivity contribution is 0.785. The molecule has 15 heavy (non-hydrogen) atoms. The minimum absolute atomic E-state index is 0.711. The lowest BCUT2D eigenvalue weighted by Crippen LogP contribution is -2.13. The Morgan fingerprint density at radius 1 is 1.33 bits per heavy atom. The van der Waals surface area contributed by atoms with Crippen LogP contribution in [0.15, 0.2) is 6.07 Å². The topological polar surface area (TPSA) is 55.0 Å². The van der Waals surface area contributed by atoms with Crippen LogP contribution in [0.4, 0.5) is 5.82 Å². The van der Waals surface area contributed by atoms with Crippen LogP contribution in [0, 0.1) is 0 Å². The van der Waals surface area contributed by atoms with E-state index in [4.69, 9.17) is 5.73 Å². The molecule has 1 aromatic rings. The molecule has 2 N–H and O–H groups in total. The van der Waals surface area contributed by atoms with Gasteiger partial charge in [0.25, 0.3) is 0 Å². The number of aryl methyl sites for hydroxylation is 2. The Balaban J connectivity index is 2.90. The summed E-state index contributed by atoms with van der Waals surface area (Å²) in [5, 5.41) is 0. The van der Waals surface area contributed by atoms with Gasteiger partial charge in [0, 0.05) is 32.3 Å². The van der Waals surface area contributed by atoms with E-state index >= 15 is 0 Å².